The number of aliphatic hydroxyl groups excluding tert-OH is 3. The van der Waals surface area contributed by atoms with Crippen LogP contribution in [0.1, 0.15) is 187 Å². The molecule has 0 saturated carbocycles. The molecule has 0 aliphatic carbocycles. The van der Waals surface area contributed by atoms with E-state index in [-0.39, 0.29) is 18.9 Å². The van der Waals surface area contributed by atoms with Crippen molar-refractivity contribution in [3.63, 3.8) is 0 Å². The topological polar surface area (TPSA) is 89.8 Å². The molecular formula is C44H79NO4. The average Bonchev–Trinajstić information content (AvgIpc) is 3.09. The van der Waals surface area contributed by atoms with Crippen molar-refractivity contribution >= 4 is 5.91 Å². The number of allylic oxidation sites excluding steroid dienone is 9. The minimum Gasteiger partial charge on any atom is -0.394 e. The molecule has 49 heavy (non-hydrogen) atoms. The Morgan fingerprint density at radius 3 is 1.47 bits per heavy atom. The standard InChI is InChI=1S/C44H79NO4/c1-3-5-7-9-11-13-15-17-18-19-20-21-22-23-24-26-28-30-32-34-36-38-43(48)42(40-46)45-44(49)39-41(47)37-35-33-31-29-27-25-16-14-12-10-8-6-4-2/h12,14,16,22-23,25,28,30,36,38,41-43,46-48H,3-11,13,15,17-21,24,26-27,29,31-35,37,39-40H2,1-2H3,(H,45,49)/b14-12-,23-22+,25-16-,30-28+,38-36+. The van der Waals surface area contributed by atoms with Crippen LogP contribution in [0.2, 0.25) is 0 Å². The number of hydrogen-bond donors (Lipinski definition) is 4. The maximum absolute atomic E-state index is 12.4. The van der Waals surface area contributed by atoms with Gasteiger partial charge in [-0.25, -0.2) is 0 Å². The van der Waals surface area contributed by atoms with Gasteiger partial charge in [0.2, 0.25) is 5.91 Å². The van der Waals surface area contributed by atoms with Crippen LogP contribution in [-0.2, 0) is 4.79 Å². The van der Waals surface area contributed by atoms with E-state index in [0.29, 0.717) is 6.42 Å². The van der Waals surface area contributed by atoms with Gasteiger partial charge in [-0.05, 0) is 70.6 Å². The summed E-state index contributed by atoms with van der Waals surface area (Å²) in [5.74, 6) is -0.345. The van der Waals surface area contributed by atoms with Crippen molar-refractivity contribution in [1.29, 1.82) is 0 Å². The maximum atomic E-state index is 12.4. The van der Waals surface area contributed by atoms with Crippen molar-refractivity contribution in [3.8, 4) is 0 Å². The van der Waals surface area contributed by atoms with Crippen molar-refractivity contribution in [1.82, 2.24) is 5.32 Å². The third-order valence-corrected chi connectivity index (χ3v) is 9.03. The number of carbonyl (C=O) groups excluding carboxylic acids is 1. The third kappa shape index (κ3) is 35.7. The summed E-state index contributed by atoms with van der Waals surface area (Å²) in [6.45, 7) is 4.14. The van der Waals surface area contributed by atoms with E-state index in [1.807, 2.05) is 6.08 Å². The first kappa shape index (κ1) is 47.0. The van der Waals surface area contributed by atoms with Gasteiger partial charge >= 0.3 is 0 Å². The highest BCUT2D eigenvalue weighted by molar-refractivity contribution is 5.76. The number of carbonyl (C=O) groups is 1. The summed E-state index contributed by atoms with van der Waals surface area (Å²) in [7, 11) is 0. The minimum atomic E-state index is -0.967. The first-order valence-electron chi connectivity index (χ1n) is 20.6. The zero-order valence-electron chi connectivity index (χ0n) is 32.1. The molecule has 0 spiro atoms. The lowest BCUT2D eigenvalue weighted by Gasteiger charge is -2.20. The molecule has 0 aromatic heterocycles. The summed E-state index contributed by atoms with van der Waals surface area (Å²) in [6.07, 6.45) is 50.7. The molecule has 0 fully saturated rings. The van der Waals surface area contributed by atoms with Crippen LogP contribution in [-0.4, -0.2) is 46.1 Å². The number of hydrogen-bond acceptors (Lipinski definition) is 4. The highest BCUT2D eigenvalue weighted by Crippen LogP contribution is 2.13. The van der Waals surface area contributed by atoms with Gasteiger partial charge in [-0.15, -0.1) is 0 Å². The summed E-state index contributed by atoms with van der Waals surface area (Å²) < 4.78 is 0. The van der Waals surface area contributed by atoms with Crippen molar-refractivity contribution < 1.29 is 20.1 Å². The highest BCUT2D eigenvalue weighted by Gasteiger charge is 2.20. The molecule has 0 bridgehead atoms. The van der Waals surface area contributed by atoms with Gasteiger partial charge in [0.05, 0.1) is 31.3 Å². The molecule has 3 atom stereocenters. The van der Waals surface area contributed by atoms with E-state index >= 15 is 0 Å². The fraction of sp³-hybridized carbons (Fsp3) is 0.750. The molecule has 0 aliphatic heterocycles. The Bertz CT molecular complexity index is 846. The van der Waals surface area contributed by atoms with E-state index in [2.05, 4.69) is 67.8 Å². The van der Waals surface area contributed by atoms with Gasteiger partial charge in [-0.2, -0.15) is 0 Å². The molecule has 0 aromatic rings. The lowest BCUT2D eigenvalue weighted by atomic mass is 10.0. The Kier molecular flexibility index (Phi) is 37.3. The number of nitrogens with one attached hydrogen (secondary N) is 1. The monoisotopic (exact) mass is 686 g/mol. The zero-order valence-corrected chi connectivity index (χ0v) is 32.1. The van der Waals surface area contributed by atoms with Crippen LogP contribution in [0.25, 0.3) is 0 Å². The van der Waals surface area contributed by atoms with E-state index in [9.17, 15) is 20.1 Å². The van der Waals surface area contributed by atoms with Gasteiger partial charge in [-0.1, -0.05) is 171 Å². The molecule has 3 unspecified atom stereocenters. The molecule has 5 heteroatoms. The molecule has 0 radical (unpaired) electrons. The van der Waals surface area contributed by atoms with E-state index in [0.717, 1.165) is 64.2 Å². The minimum absolute atomic E-state index is 0.0143. The normalized spacial score (nSPS) is 14.3. The summed E-state index contributed by atoms with van der Waals surface area (Å²) in [5.41, 5.74) is 0. The van der Waals surface area contributed by atoms with Crippen LogP contribution in [0.15, 0.2) is 60.8 Å². The van der Waals surface area contributed by atoms with Gasteiger partial charge in [0.25, 0.3) is 0 Å². The van der Waals surface area contributed by atoms with E-state index in [1.54, 1.807) is 6.08 Å². The molecule has 1 amide bonds. The second-order valence-electron chi connectivity index (χ2n) is 13.9. The van der Waals surface area contributed by atoms with E-state index < -0.39 is 18.2 Å². The van der Waals surface area contributed by atoms with Crippen molar-refractivity contribution in [2.24, 2.45) is 0 Å². The Labute approximate surface area is 303 Å². The molecule has 0 saturated heterocycles. The van der Waals surface area contributed by atoms with Crippen molar-refractivity contribution in [2.75, 3.05) is 6.61 Å². The second-order valence-corrected chi connectivity index (χ2v) is 13.9. The lowest BCUT2D eigenvalue weighted by Crippen LogP contribution is -2.45. The van der Waals surface area contributed by atoms with Gasteiger partial charge < -0.3 is 20.6 Å². The number of amides is 1. The molecule has 0 aromatic carbocycles. The van der Waals surface area contributed by atoms with Crippen LogP contribution in [0.5, 0.6) is 0 Å². The highest BCUT2D eigenvalue weighted by atomic mass is 16.3. The van der Waals surface area contributed by atoms with E-state index in [4.69, 9.17) is 0 Å². The molecular weight excluding hydrogens is 606 g/mol. The average molecular weight is 686 g/mol. The Hall–Kier alpha value is -1.95. The Morgan fingerprint density at radius 1 is 0.531 bits per heavy atom. The van der Waals surface area contributed by atoms with Crippen LogP contribution >= 0.6 is 0 Å². The fourth-order valence-corrected chi connectivity index (χ4v) is 5.83. The largest absolute Gasteiger partial charge is 0.394 e. The van der Waals surface area contributed by atoms with Crippen LogP contribution in [0, 0.1) is 0 Å². The molecule has 4 N–H and O–H groups in total. The quantitative estimate of drug-likeness (QED) is 0.0300. The predicted octanol–water partition coefficient (Wildman–Crippen LogP) is 11.5. The van der Waals surface area contributed by atoms with Crippen LogP contribution < -0.4 is 5.32 Å². The maximum Gasteiger partial charge on any atom is 0.222 e. The second kappa shape index (κ2) is 38.8. The van der Waals surface area contributed by atoms with Crippen molar-refractivity contribution in [2.45, 2.75) is 205 Å². The molecule has 5 nitrogen and oxygen atoms in total. The summed E-state index contributed by atoms with van der Waals surface area (Å²) in [5, 5.41) is 33.1. The van der Waals surface area contributed by atoms with Crippen LogP contribution in [0.3, 0.4) is 0 Å². The van der Waals surface area contributed by atoms with Gasteiger partial charge in [0.1, 0.15) is 0 Å². The van der Waals surface area contributed by atoms with Crippen molar-refractivity contribution in [3.05, 3.63) is 60.8 Å². The smallest absolute Gasteiger partial charge is 0.222 e. The van der Waals surface area contributed by atoms with Gasteiger partial charge in [0.15, 0.2) is 0 Å². The van der Waals surface area contributed by atoms with Gasteiger partial charge in [-0.3, -0.25) is 4.79 Å². The third-order valence-electron chi connectivity index (χ3n) is 9.03. The summed E-state index contributed by atoms with van der Waals surface area (Å²) in [6, 6.07) is -0.775. The number of aliphatic hydroxyl groups is 3. The van der Waals surface area contributed by atoms with Crippen LogP contribution in [0.4, 0.5) is 0 Å². The summed E-state index contributed by atoms with van der Waals surface area (Å²) >= 11 is 0. The molecule has 0 aliphatic rings. The SMILES string of the molecule is CCCCC/C=C\C=C/CCCCCCC(O)CC(=O)NC(CO)C(O)/C=C/CC/C=C/CC/C=C/CCCCCCCCCCCCC. The molecule has 284 valence electrons. The zero-order chi connectivity index (χ0) is 35.9. The first-order valence-corrected chi connectivity index (χ1v) is 20.6. The molecule has 0 rings (SSSR count). The first-order chi connectivity index (χ1) is 24.0. The fourth-order valence-electron chi connectivity index (χ4n) is 5.83. The Morgan fingerprint density at radius 2 is 0.939 bits per heavy atom. The van der Waals surface area contributed by atoms with E-state index in [1.165, 1.54) is 96.3 Å². The van der Waals surface area contributed by atoms with Gasteiger partial charge in [0, 0.05) is 0 Å². The Balaban J connectivity index is 3.81. The lowest BCUT2D eigenvalue weighted by molar-refractivity contribution is -0.124. The predicted molar refractivity (Wildman–Crippen MR) is 213 cm³/mol. The number of rotatable bonds is 36. The number of unbranched alkanes of at least 4 members (excludes halogenated alkanes) is 20. The molecule has 0 heterocycles. The summed E-state index contributed by atoms with van der Waals surface area (Å²) in [4.78, 5) is 12.4.